The van der Waals surface area contributed by atoms with Crippen molar-refractivity contribution in [3.63, 3.8) is 0 Å². The van der Waals surface area contributed by atoms with Gasteiger partial charge in [-0.1, -0.05) is 0 Å². The fourth-order valence-electron chi connectivity index (χ4n) is 0.392. The molecule has 0 aromatic carbocycles. The first-order chi connectivity index (χ1) is 3.93. The smallest absolute Gasteiger partial charge is 0.197 e. The van der Waals surface area contributed by atoms with Gasteiger partial charge in [-0.05, 0) is 0 Å². The number of anilines is 1. The molecule has 44 valence electrons. The van der Waals surface area contributed by atoms with Gasteiger partial charge in [0, 0.05) is 18.6 Å². The zero-order valence-electron chi connectivity index (χ0n) is 4.51. The molecule has 1 aromatic rings. The van der Waals surface area contributed by atoms with Gasteiger partial charge in [-0.3, -0.25) is 5.43 Å². The zero-order valence-corrected chi connectivity index (χ0v) is 5.33. The first kappa shape index (κ1) is 5.53. The van der Waals surface area contributed by atoms with E-state index in [1.807, 2.05) is 5.38 Å². The van der Waals surface area contributed by atoms with Crippen molar-refractivity contribution < 1.29 is 0 Å². The molecular weight excluding hydrogens is 122 g/mol. The summed E-state index contributed by atoms with van der Waals surface area (Å²) in [6.45, 7) is 0. The standard InChI is InChI=1S/C4H7N3S/c1-5-7-4-6-2-3-8-4/h2-3,5H,1H3,(H,6,7). The fraction of sp³-hybridized carbons (Fsp3) is 0.250. The van der Waals surface area contributed by atoms with Crippen LogP contribution >= 0.6 is 11.3 Å². The number of nitrogens with one attached hydrogen (secondary N) is 2. The largest absolute Gasteiger partial charge is 0.297 e. The van der Waals surface area contributed by atoms with Crippen molar-refractivity contribution in [3.8, 4) is 0 Å². The number of rotatable bonds is 2. The second-order valence-electron chi connectivity index (χ2n) is 1.21. The zero-order chi connectivity index (χ0) is 5.82. The van der Waals surface area contributed by atoms with E-state index in [1.165, 1.54) is 0 Å². The van der Waals surface area contributed by atoms with Crippen LogP contribution < -0.4 is 10.9 Å². The van der Waals surface area contributed by atoms with Crippen molar-refractivity contribution in [2.24, 2.45) is 0 Å². The molecule has 0 aliphatic rings. The van der Waals surface area contributed by atoms with Crippen molar-refractivity contribution in [2.75, 3.05) is 12.5 Å². The Labute approximate surface area is 51.7 Å². The number of hydrogen-bond acceptors (Lipinski definition) is 4. The Morgan fingerprint density at radius 2 is 2.62 bits per heavy atom. The maximum absolute atomic E-state index is 3.95. The third-order valence-electron chi connectivity index (χ3n) is 0.664. The van der Waals surface area contributed by atoms with Crippen LogP contribution in [-0.4, -0.2) is 12.0 Å². The van der Waals surface area contributed by atoms with Gasteiger partial charge in [0.05, 0.1) is 0 Å². The van der Waals surface area contributed by atoms with Crippen LogP contribution in [0, 0.1) is 0 Å². The van der Waals surface area contributed by atoms with Crippen molar-refractivity contribution in [3.05, 3.63) is 11.6 Å². The molecule has 0 radical (unpaired) electrons. The minimum Gasteiger partial charge on any atom is -0.297 e. The number of hydrogen-bond donors (Lipinski definition) is 2. The van der Waals surface area contributed by atoms with Gasteiger partial charge in [-0.2, -0.15) is 0 Å². The van der Waals surface area contributed by atoms with Crippen LogP contribution in [-0.2, 0) is 0 Å². The van der Waals surface area contributed by atoms with Gasteiger partial charge in [0.2, 0.25) is 0 Å². The number of hydrazine groups is 1. The lowest BCUT2D eigenvalue weighted by molar-refractivity contribution is 0.978. The molecule has 0 aliphatic heterocycles. The molecule has 0 saturated carbocycles. The molecule has 1 heterocycles. The summed E-state index contributed by atoms with van der Waals surface area (Å²) >= 11 is 1.56. The highest BCUT2D eigenvalue weighted by Gasteiger charge is 1.85. The van der Waals surface area contributed by atoms with E-state index in [9.17, 15) is 0 Å². The van der Waals surface area contributed by atoms with Crippen LogP contribution in [0.3, 0.4) is 0 Å². The molecule has 2 N–H and O–H groups in total. The average Bonchev–Trinajstić information content (AvgIpc) is 2.19. The maximum atomic E-state index is 3.95. The van der Waals surface area contributed by atoms with Crippen molar-refractivity contribution in [2.45, 2.75) is 0 Å². The average molecular weight is 129 g/mol. The third kappa shape index (κ3) is 1.18. The summed E-state index contributed by atoms with van der Waals surface area (Å²) in [5.74, 6) is 0. The Kier molecular flexibility index (Phi) is 1.82. The van der Waals surface area contributed by atoms with Gasteiger partial charge in [-0.15, -0.1) is 11.3 Å². The van der Waals surface area contributed by atoms with Gasteiger partial charge in [0.15, 0.2) is 5.13 Å². The van der Waals surface area contributed by atoms with E-state index in [4.69, 9.17) is 0 Å². The van der Waals surface area contributed by atoms with E-state index in [1.54, 1.807) is 24.6 Å². The summed E-state index contributed by atoms with van der Waals surface area (Å²) in [7, 11) is 1.81. The topological polar surface area (TPSA) is 37.0 Å². The van der Waals surface area contributed by atoms with Crippen molar-refractivity contribution in [1.29, 1.82) is 0 Å². The highest BCUT2D eigenvalue weighted by atomic mass is 32.1. The maximum Gasteiger partial charge on any atom is 0.197 e. The third-order valence-corrected chi connectivity index (χ3v) is 1.35. The van der Waals surface area contributed by atoms with Gasteiger partial charge in [0.1, 0.15) is 0 Å². The van der Waals surface area contributed by atoms with E-state index in [-0.39, 0.29) is 0 Å². The molecule has 4 heteroatoms. The van der Waals surface area contributed by atoms with Gasteiger partial charge >= 0.3 is 0 Å². The SMILES string of the molecule is CNNc1nccs1. The van der Waals surface area contributed by atoms with Crippen LogP contribution in [0.25, 0.3) is 0 Å². The molecule has 1 aromatic heterocycles. The highest BCUT2D eigenvalue weighted by molar-refractivity contribution is 7.13. The van der Waals surface area contributed by atoms with Crippen molar-refractivity contribution >= 4 is 16.5 Å². The molecule has 0 amide bonds. The fourth-order valence-corrected chi connectivity index (χ4v) is 0.925. The molecule has 0 spiro atoms. The predicted octanol–water partition coefficient (Wildman–Crippen LogP) is 0.689. The quantitative estimate of drug-likeness (QED) is 0.577. The number of thiazole rings is 1. The normalized spacial score (nSPS) is 9.12. The molecule has 0 unspecified atom stereocenters. The Hall–Kier alpha value is -0.610. The summed E-state index contributed by atoms with van der Waals surface area (Å²) < 4.78 is 0. The van der Waals surface area contributed by atoms with Crippen LogP contribution in [0.4, 0.5) is 5.13 Å². The molecule has 0 atom stereocenters. The lowest BCUT2D eigenvalue weighted by Crippen LogP contribution is -2.14. The van der Waals surface area contributed by atoms with Gasteiger partial charge in [-0.25, -0.2) is 10.4 Å². The lowest BCUT2D eigenvalue weighted by Gasteiger charge is -1.94. The molecule has 0 fully saturated rings. The second kappa shape index (κ2) is 2.64. The molecule has 3 nitrogen and oxygen atoms in total. The Morgan fingerprint density at radius 3 is 3.12 bits per heavy atom. The van der Waals surface area contributed by atoms with E-state index >= 15 is 0 Å². The highest BCUT2D eigenvalue weighted by Crippen LogP contribution is 2.07. The summed E-state index contributed by atoms with van der Waals surface area (Å²) in [5, 5.41) is 2.81. The van der Waals surface area contributed by atoms with Crippen molar-refractivity contribution in [1.82, 2.24) is 10.4 Å². The number of nitrogens with zero attached hydrogens (tertiary/aromatic N) is 1. The first-order valence-electron chi connectivity index (χ1n) is 2.25. The molecule has 8 heavy (non-hydrogen) atoms. The summed E-state index contributed by atoms with van der Waals surface area (Å²) in [6, 6.07) is 0. The second-order valence-corrected chi connectivity index (χ2v) is 2.11. The van der Waals surface area contributed by atoms with Crippen LogP contribution in [0.2, 0.25) is 0 Å². The Balaban J connectivity index is 2.50. The molecule has 0 bridgehead atoms. The van der Waals surface area contributed by atoms with E-state index < -0.39 is 0 Å². The minimum atomic E-state index is 0.896. The Bertz CT molecular complexity index is 137. The number of aromatic nitrogens is 1. The van der Waals surface area contributed by atoms with Crippen LogP contribution in [0.1, 0.15) is 0 Å². The van der Waals surface area contributed by atoms with E-state index in [0.29, 0.717) is 0 Å². The summed E-state index contributed by atoms with van der Waals surface area (Å²) in [6.07, 6.45) is 1.75. The van der Waals surface area contributed by atoms with Crippen LogP contribution in [0.15, 0.2) is 11.6 Å². The Morgan fingerprint density at radius 1 is 1.75 bits per heavy atom. The monoisotopic (exact) mass is 129 g/mol. The van der Waals surface area contributed by atoms with Gasteiger partial charge in [0.25, 0.3) is 0 Å². The molecular formula is C4H7N3S. The molecule has 0 aliphatic carbocycles. The molecule has 0 saturated heterocycles. The van der Waals surface area contributed by atoms with Crippen LogP contribution in [0.5, 0.6) is 0 Å². The lowest BCUT2D eigenvalue weighted by atomic mass is 11.0. The van der Waals surface area contributed by atoms with E-state index in [2.05, 4.69) is 15.8 Å². The minimum absolute atomic E-state index is 0.896. The van der Waals surface area contributed by atoms with Gasteiger partial charge < -0.3 is 0 Å². The molecule has 1 rings (SSSR count). The first-order valence-corrected chi connectivity index (χ1v) is 3.13. The summed E-state index contributed by atoms with van der Waals surface area (Å²) in [5.41, 5.74) is 5.61. The summed E-state index contributed by atoms with van der Waals surface area (Å²) in [4.78, 5) is 3.95. The van der Waals surface area contributed by atoms with E-state index in [0.717, 1.165) is 5.13 Å². The predicted molar refractivity (Wildman–Crippen MR) is 34.8 cm³/mol.